The van der Waals surface area contributed by atoms with Crippen LogP contribution in [0.4, 0.5) is 5.69 Å². The Hall–Kier alpha value is -5.60. The van der Waals surface area contributed by atoms with Crippen LogP contribution in [0.1, 0.15) is 58.7 Å². The zero-order valence-electron chi connectivity index (χ0n) is 26.9. The standard InChI is InChI=1S/C46H36N2/c1-5-13-31(14-6-1)33-21-23-39-43(29-33)47(35-17-9-3-10-18-35)41-27-25-38-37(45(39)41)26-28-42-46(38)40-24-22-34(32-15-7-2-8-16-32)30-44(40)48(42)36-19-11-4-12-20-36/h1-11,13-19,22,24-30,42,46H,12,20-21,23H2. The third-order valence-corrected chi connectivity index (χ3v) is 10.9. The van der Waals surface area contributed by atoms with Gasteiger partial charge < -0.3 is 9.47 Å². The van der Waals surface area contributed by atoms with Crippen LogP contribution in [0, 0.1) is 0 Å². The molecule has 2 nitrogen and oxygen atoms in total. The van der Waals surface area contributed by atoms with E-state index in [9.17, 15) is 0 Å². The molecule has 0 bridgehead atoms. The lowest BCUT2D eigenvalue weighted by atomic mass is 9.79. The smallest absolute Gasteiger partial charge is 0.0632 e. The van der Waals surface area contributed by atoms with E-state index < -0.39 is 0 Å². The second-order valence-corrected chi connectivity index (χ2v) is 13.5. The summed E-state index contributed by atoms with van der Waals surface area (Å²) in [4.78, 5) is 2.65. The lowest BCUT2D eigenvalue weighted by molar-refractivity contribution is 0.688. The second-order valence-electron chi connectivity index (χ2n) is 13.5. The maximum Gasteiger partial charge on any atom is 0.0632 e. The average Bonchev–Trinajstić information content (AvgIpc) is 3.68. The molecule has 2 heteroatoms. The molecule has 48 heavy (non-hydrogen) atoms. The Morgan fingerprint density at radius 1 is 0.646 bits per heavy atom. The van der Waals surface area contributed by atoms with Crippen LogP contribution in [0.3, 0.4) is 0 Å². The zero-order valence-corrected chi connectivity index (χ0v) is 26.9. The van der Waals surface area contributed by atoms with Crippen molar-refractivity contribution >= 4 is 34.3 Å². The summed E-state index contributed by atoms with van der Waals surface area (Å²) in [6.45, 7) is 0. The molecule has 230 valence electrons. The van der Waals surface area contributed by atoms with Crippen LogP contribution in [0.2, 0.25) is 0 Å². The number of aryl methyl sites for hydroxylation is 1. The molecule has 0 N–H and O–H groups in total. The molecule has 0 saturated carbocycles. The number of allylic oxidation sites excluding steroid dienone is 5. The first-order chi connectivity index (χ1) is 23.8. The van der Waals surface area contributed by atoms with E-state index in [-0.39, 0.29) is 12.0 Å². The summed E-state index contributed by atoms with van der Waals surface area (Å²) in [5.74, 6) is 0.274. The van der Waals surface area contributed by atoms with Crippen molar-refractivity contribution in [2.45, 2.75) is 37.6 Å². The molecule has 10 rings (SSSR count). The van der Waals surface area contributed by atoms with Crippen LogP contribution in [-0.2, 0) is 6.42 Å². The monoisotopic (exact) mass is 616 g/mol. The van der Waals surface area contributed by atoms with Crippen molar-refractivity contribution in [3.8, 4) is 16.8 Å². The van der Waals surface area contributed by atoms with Crippen LogP contribution >= 0.6 is 0 Å². The van der Waals surface area contributed by atoms with Crippen molar-refractivity contribution in [1.29, 1.82) is 0 Å². The fraction of sp³-hybridized carbons (Fsp3) is 0.130. The molecule has 1 aromatic heterocycles. The quantitative estimate of drug-likeness (QED) is 0.191. The number of fused-ring (bicyclic) bond motifs is 9. The minimum atomic E-state index is 0.255. The summed E-state index contributed by atoms with van der Waals surface area (Å²) >= 11 is 0. The van der Waals surface area contributed by atoms with Gasteiger partial charge in [-0.3, -0.25) is 0 Å². The second kappa shape index (κ2) is 11.0. The number of nitrogens with zero attached hydrogens (tertiary/aromatic N) is 2. The predicted octanol–water partition coefficient (Wildman–Crippen LogP) is 11.4. The molecule has 4 aliphatic rings. The van der Waals surface area contributed by atoms with Crippen molar-refractivity contribution in [2.24, 2.45) is 0 Å². The van der Waals surface area contributed by atoms with E-state index in [1.807, 2.05) is 0 Å². The van der Waals surface area contributed by atoms with Crippen LogP contribution in [0.25, 0.3) is 45.4 Å². The zero-order chi connectivity index (χ0) is 31.6. The van der Waals surface area contributed by atoms with Gasteiger partial charge in [0, 0.05) is 28.4 Å². The number of anilines is 1. The fourth-order valence-corrected chi connectivity index (χ4v) is 8.81. The van der Waals surface area contributed by atoms with Crippen LogP contribution in [0.15, 0.2) is 151 Å². The molecule has 2 atom stereocenters. The minimum Gasteiger partial charge on any atom is -0.337 e. The highest BCUT2D eigenvalue weighted by atomic mass is 15.2. The predicted molar refractivity (Wildman–Crippen MR) is 201 cm³/mol. The number of hydrogen-bond acceptors (Lipinski definition) is 1. The number of aromatic nitrogens is 1. The molecule has 1 aliphatic heterocycles. The Morgan fingerprint density at radius 2 is 1.40 bits per heavy atom. The van der Waals surface area contributed by atoms with Gasteiger partial charge >= 0.3 is 0 Å². The first-order valence-corrected chi connectivity index (χ1v) is 17.4. The van der Waals surface area contributed by atoms with Gasteiger partial charge in [-0.05, 0) is 107 Å². The molecule has 3 aliphatic carbocycles. The maximum atomic E-state index is 2.65. The molecule has 0 amide bonds. The summed E-state index contributed by atoms with van der Waals surface area (Å²) in [7, 11) is 0. The number of para-hydroxylation sites is 1. The summed E-state index contributed by atoms with van der Waals surface area (Å²) in [6.07, 6.45) is 18.5. The Kier molecular flexibility index (Phi) is 6.30. The summed E-state index contributed by atoms with van der Waals surface area (Å²) < 4.78 is 2.51. The van der Waals surface area contributed by atoms with E-state index >= 15 is 0 Å². The molecule has 5 aromatic carbocycles. The summed E-state index contributed by atoms with van der Waals surface area (Å²) in [5.41, 5.74) is 17.6. The Morgan fingerprint density at radius 3 is 2.17 bits per heavy atom. The molecular formula is C46H36N2. The normalized spacial score (nSPS) is 19.0. The van der Waals surface area contributed by atoms with E-state index in [1.165, 1.54) is 78.2 Å². The highest BCUT2D eigenvalue weighted by Gasteiger charge is 2.43. The SMILES string of the molecule is C1=CCCC(N2c3cc(-c4ccccc4)ccc3C3c4ccc5c(c4C=CC32)c2c(n5-c3ccccc3)C=C(c3ccccc3)CC2)=C1. The topological polar surface area (TPSA) is 8.17 Å². The van der Waals surface area contributed by atoms with Crippen molar-refractivity contribution < 1.29 is 0 Å². The van der Waals surface area contributed by atoms with E-state index in [0.717, 1.165) is 25.7 Å². The third-order valence-electron chi connectivity index (χ3n) is 10.9. The van der Waals surface area contributed by atoms with Crippen molar-refractivity contribution in [3.05, 3.63) is 185 Å². The largest absolute Gasteiger partial charge is 0.337 e. The van der Waals surface area contributed by atoms with E-state index in [2.05, 4.69) is 167 Å². The highest BCUT2D eigenvalue weighted by Crippen LogP contribution is 2.53. The van der Waals surface area contributed by atoms with Crippen molar-refractivity contribution in [1.82, 2.24) is 4.57 Å². The Bertz CT molecular complexity index is 2330. The lowest BCUT2D eigenvalue weighted by Crippen LogP contribution is -2.34. The minimum absolute atomic E-state index is 0.255. The third kappa shape index (κ3) is 4.19. The number of benzene rings is 5. The molecule has 0 saturated heterocycles. The molecule has 0 fully saturated rings. The molecular weight excluding hydrogens is 581 g/mol. The van der Waals surface area contributed by atoms with Gasteiger partial charge in [-0.2, -0.15) is 0 Å². The highest BCUT2D eigenvalue weighted by molar-refractivity contribution is 6.01. The Labute approximate surface area is 282 Å². The van der Waals surface area contributed by atoms with Crippen molar-refractivity contribution in [3.63, 3.8) is 0 Å². The van der Waals surface area contributed by atoms with Gasteiger partial charge in [-0.1, -0.05) is 121 Å². The van der Waals surface area contributed by atoms with E-state index in [4.69, 9.17) is 0 Å². The first kappa shape index (κ1) is 27.5. The van der Waals surface area contributed by atoms with Crippen molar-refractivity contribution in [2.75, 3.05) is 4.90 Å². The molecule has 6 aromatic rings. The molecule has 2 heterocycles. The summed E-state index contributed by atoms with van der Waals surface area (Å²) in [5, 5.41) is 1.42. The summed E-state index contributed by atoms with van der Waals surface area (Å²) in [6, 6.07) is 45.0. The van der Waals surface area contributed by atoms with Gasteiger partial charge in [-0.25, -0.2) is 0 Å². The van der Waals surface area contributed by atoms with E-state index in [1.54, 1.807) is 0 Å². The van der Waals surface area contributed by atoms with Gasteiger partial charge in [0.05, 0.1) is 17.3 Å². The molecule has 0 spiro atoms. The number of rotatable bonds is 4. The lowest BCUT2D eigenvalue weighted by Gasteiger charge is -2.34. The first-order valence-electron chi connectivity index (χ1n) is 17.4. The molecule has 0 radical (unpaired) electrons. The maximum absolute atomic E-state index is 2.65. The fourth-order valence-electron chi connectivity index (χ4n) is 8.81. The van der Waals surface area contributed by atoms with Gasteiger partial charge in [-0.15, -0.1) is 0 Å². The van der Waals surface area contributed by atoms with E-state index in [0.29, 0.717) is 0 Å². The number of hydrogen-bond donors (Lipinski definition) is 0. The Balaban J connectivity index is 1.19. The van der Waals surface area contributed by atoms with Crippen LogP contribution in [-0.4, -0.2) is 10.6 Å². The van der Waals surface area contributed by atoms with Gasteiger partial charge in [0.15, 0.2) is 0 Å². The molecule has 2 unspecified atom stereocenters. The van der Waals surface area contributed by atoms with Crippen LogP contribution in [0.5, 0.6) is 0 Å². The van der Waals surface area contributed by atoms with Gasteiger partial charge in [0.2, 0.25) is 0 Å². The van der Waals surface area contributed by atoms with Crippen LogP contribution < -0.4 is 4.90 Å². The van der Waals surface area contributed by atoms with Gasteiger partial charge in [0.25, 0.3) is 0 Å². The van der Waals surface area contributed by atoms with Gasteiger partial charge in [0.1, 0.15) is 0 Å². The average molecular weight is 617 g/mol.